The fraction of sp³-hybridized carbons (Fsp3) is 0.650. The van der Waals surface area contributed by atoms with Gasteiger partial charge in [0.2, 0.25) is 10.0 Å². The van der Waals surface area contributed by atoms with Gasteiger partial charge in [-0.2, -0.15) is 4.31 Å². The van der Waals surface area contributed by atoms with Gasteiger partial charge in [-0.25, -0.2) is 13.4 Å². The fourth-order valence-corrected chi connectivity index (χ4v) is 4.71. The molecule has 0 unspecified atom stereocenters. The van der Waals surface area contributed by atoms with Crippen molar-refractivity contribution in [2.24, 2.45) is 5.92 Å². The number of hydrogen-bond acceptors (Lipinski definition) is 6. The maximum Gasteiger partial charge on any atom is 0.324 e. The quantitative estimate of drug-likeness (QED) is 0.439. The zero-order chi connectivity index (χ0) is 21.6. The van der Waals surface area contributed by atoms with Gasteiger partial charge < -0.3 is 9.72 Å². The molecule has 0 fully saturated rings. The van der Waals surface area contributed by atoms with Crippen LogP contribution < -0.4 is 0 Å². The highest BCUT2D eigenvalue weighted by Gasteiger charge is 2.32. The van der Waals surface area contributed by atoms with Crippen molar-refractivity contribution in [1.82, 2.24) is 19.3 Å². The lowest BCUT2D eigenvalue weighted by Gasteiger charge is -2.27. The molecule has 8 nitrogen and oxygen atoms in total. The van der Waals surface area contributed by atoms with Crippen molar-refractivity contribution in [3.63, 3.8) is 0 Å². The second-order valence-electron chi connectivity index (χ2n) is 7.66. The van der Waals surface area contributed by atoms with Crippen LogP contribution in [-0.2, 0) is 26.0 Å². The Balaban J connectivity index is 1.97. The molecule has 162 valence electrons. The van der Waals surface area contributed by atoms with Gasteiger partial charge in [0.25, 0.3) is 0 Å². The molecule has 2 rings (SSSR count). The SMILES string of the molecule is CCOC(=O)[C@H](CC(C)C)N(C)S(=O)(=O)CCCCc1nccc2[nH]c(C)nc12. The molecule has 0 aliphatic rings. The molecule has 9 heteroatoms. The lowest BCUT2D eigenvalue weighted by atomic mass is 10.0. The van der Waals surface area contributed by atoms with Crippen molar-refractivity contribution in [2.45, 2.75) is 59.4 Å². The lowest BCUT2D eigenvalue weighted by Crippen LogP contribution is -2.45. The average molecular weight is 425 g/mol. The Kier molecular flexibility index (Phi) is 8.15. The molecule has 0 radical (unpaired) electrons. The van der Waals surface area contributed by atoms with Crippen LogP contribution in [0.5, 0.6) is 0 Å². The third kappa shape index (κ3) is 6.24. The Morgan fingerprint density at radius 3 is 2.69 bits per heavy atom. The van der Waals surface area contributed by atoms with Gasteiger partial charge in [0, 0.05) is 13.2 Å². The predicted octanol–water partition coefficient (Wildman–Crippen LogP) is 2.83. The van der Waals surface area contributed by atoms with E-state index in [0.717, 1.165) is 22.6 Å². The molecule has 0 aromatic carbocycles. The average Bonchev–Trinajstić information content (AvgIpc) is 3.03. The number of nitrogens with one attached hydrogen (secondary N) is 1. The number of H-pyrrole nitrogens is 1. The van der Waals surface area contributed by atoms with Gasteiger partial charge in [0.1, 0.15) is 17.4 Å². The second kappa shape index (κ2) is 10.2. The first kappa shape index (κ1) is 23.3. The molecule has 1 N–H and O–H groups in total. The Morgan fingerprint density at radius 2 is 2.03 bits per heavy atom. The summed E-state index contributed by atoms with van der Waals surface area (Å²) in [6.07, 6.45) is 3.95. The minimum Gasteiger partial charge on any atom is -0.465 e. The number of nitrogens with zero attached hydrogens (tertiary/aromatic N) is 3. The third-order valence-electron chi connectivity index (χ3n) is 4.79. The normalized spacial score (nSPS) is 13.3. The van der Waals surface area contributed by atoms with Gasteiger partial charge in [-0.05, 0) is 51.5 Å². The second-order valence-corrected chi connectivity index (χ2v) is 9.81. The first-order valence-electron chi connectivity index (χ1n) is 10.1. The number of aryl methyl sites for hydroxylation is 2. The number of aromatic amines is 1. The Hall–Kier alpha value is -2.00. The molecule has 2 aromatic rings. The van der Waals surface area contributed by atoms with Gasteiger partial charge in [0.05, 0.1) is 23.6 Å². The Morgan fingerprint density at radius 1 is 1.31 bits per heavy atom. The molecule has 0 bridgehead atoms. The standard InChI is InChI=1S/C20H32N4O4S/c1-6-28-20(25)18(13-14(2)3)24(5)29(26,27)12-8-7-9-16-19-17(10-11-21-16)22-15(4)23-19/h10-11,14,18H,6-9,12-13H2,1-5H3,(H,22,23)/t18-/m0/s1. The van der Waals surface area contributed by atoms with E-state index in [0.29, 0.717) is 25.7 Å². The molecule has 0 saturated carbocycles. The van der Waals surface area contributed by atoms with E-state index in [-0.39, 0.29) is 18.3 Å². The summed E-state index contributed by atoms with van der Waals surface area (Å²) < 4.78 is 31.8. The van der Waals surface area contributed by atoms with Crippen molar-refractivity contribution < 1.29 is 17.9 Å². The number of unbranched alkanes of at least 4 members (excludes halogenated alkanes) is 1. The zero-order valence-electron chi connectivity index (χ0n) is 17.9. The van der Waals surface area contributed by atoms with E-state index in [1.165, 1.54) is 11.4 Å². The summed E-state index contributed by atoms with van der Waals surface area (Å²) in [5.41, 5.74) is 2.64. The molecule has 1 atom stereocenters. The van der Waals surface area contributed by atoms with E-state index in [2.05, 4.69) is 15.0 Å². The number of imidazole rings is 1. The van der Waals surface area contributed by atoms with Crippen molar-refractivity contribution in [3.8, 4) is 0 Å². The van der Waals surface area contributed by atoms with Crippen LogP contribution in [0.4, 0.5) is 0 Å². The van der Waals surface area contributed by atoms with Gasteiger partial charge in [0.15, 0.2) is 0 Å². The highest BCUT2D eigenvalue weighted by Crippen LogP contribution is 2.19. The van der Waals surface area contributed by atoms with Crippen LogP contribution in [0.2, 0.25) is 0 Å². The molecule has 0 saturated heterocycles. The summed E-state index contributed by atoms with van der Waals surface area (Å²) in [5.74, 6) is 0.490. The van der Waals surface area contributed by atoms with E-state index >= 15 is 0 Å². The van der Waals surface area contributed by atoms with Crippen LogP contribution in [0.15, 0.2) is 12.3 Å². The monoisotopic (exact) mass is 424 g/mol. The fourth-order valence-electron chi connectivity index (χ4n) is 3.29. The molecule has 0 aliphatic heterocycles. The minimum absolute atomic E-state index is 0.0208. The first-order valence-corrected chi connectivity index (χ1v) is 11.7. The number of ether oxygens (including phenoxy) is 1. The van der Waals surface area contributed by atoms with E-state index in [9.17, 15) is 13.2 Å². The van der Waals surface area contributed by atoms with E-state index in [1.54, 1.807) is 13.1 Å². The maximum atomic E-state index is 12.8. The summed E-state index contributed by atoms with van der Waals surface area (Å²) in [7, 11) is -2.10. The van der Waals surface area contributed by atoms with E-state index in [1.807, 2.05) is 26.8 Å². The smallest absolute Gasteiger partial charge is 0.324 e. The van der Waals surface area contributed by atoms with Crippen LogP contribution in [0.3, 0.4) is 0 Å². The first-order chi connectivity index (χ1) is 13.7. The van der Waals surface area contributed by atoms with Crippen molar-refractivity contribution in [2.75, 3.05) is 19.4 Å². The lowest BCUT2D eigenvalue weighted by molar-refractivity contribution is -0.147. The summed E-state index contributed by atoms with van der Waals surface area (Å²) in [6, 6.07) is 1.09. The molecule has 0 spiro atoms. The number of fused-ring (bicyclic) bond motifs is 1. The summed E-state index contributed by atoms with van der Waals surface area (Å²) >= 11 is 0. The van der Waals surface area contributed by atoms with Crippen molar-refractivity contribution in [1.29, 1.82) is 0 Å². The number of carbonyl (C=O) groups is 1. The van der Waals surface area contributed by atoms with Crippen LogP contribution in [-0.4, -0.2) is 59.1 Å². The number of hydrogen-bond donors (Lipinski definition) is 1. The number of rotatable bonds is 11. The number of aromatic nitrogens is 3. The Labute approximate surface area is 173 Å². The highest BCUT2D eigenvalue weighted by atomic mass is 32.2. The third-order valence-corrected chi connectivity index (χ3v) is 6.73. The zero-order valence-corrected chi connectivity index (χ0v) is 18.8. The van der Waals surface area contributed by atoms with Crippen molar-refractivity contribution >= 4 is 27.0 Å². The highest BCUT2D eigenvalue weighted by molar-refractivity contribution is 7.89. The molecular formula is C20H32N4O4S. The van der Waals surface area contributed by atoms with E-state index in [4.69, 9.17) is 4.74 Å². The van der Waals surface area contributed by atoms with E-state index < -0.39 is 22.0 Å². The number of esters is 1. The largest absolute Gasteiger partial charge is 0.465 e. The van der Waals surface area contributed by atoms with Gasteiger partial charge >= 0.3 is 5.97 Å². The van der Waals surface area contributed by atoms with Crippen LogP contribution in [0.25, 0.3) is 11.0 Å². The van der Waals surface area contributed by atoms with Gasteiger partial charge in [-0.3, -0.25) is 9.78 Å². The van der Waals surface area contributed by atoms with Crippen LogP contribution >= 0.6 is 0 Å². The topological polar surface area (TPSA) is 105 Å². The van der Waals surface area contributed by atoms with Gasteiger partial charge in [-0.15, -0.1) is 0 Å². The van der Waals surface area contributed by atoms with Crippen LogP contribution in [0, 0.1) is 12.8 Å². The Bertz CT molecular complexity index is 924. The maximum absolute atomic E-state index is 12.8. The van der Waals surface area contributed by atoms with Crippen LogP contribution in [0.1, 0.15) is 51.6 Å². The molecule has 29 heavy (non-hydrogen) atoms. The number of pyridine rings is 1. The molecule has 0 aliphatic carbocycles. The number of likely N-dealkylation sites (N-methyl/N-ethyl adjacent to an activating group) is 1. The summed E-state index contributed by atoms with van der Waals surface area (Å²) in [5, 5.41) is 0. The minimum atomic E-state index is -3.57. The summed E-state index contributed by atoms with van der Waals surface area (Å²) in [4.78, 5) is 24.3. The predicted molar refractivity (Wildman–Crippen MR) is 113 cm³/mol. The van der Waals surface area contributed by atoms with Gasteiger partial charge in [-0.1, -0.05) is 13.8 Å². The number of sulfonamides is 1. The molecule has 2 heterocycles. The molecular weight excluding hydrogens is 392 g/mol. The summed E-state index contributed by atoms with van der Waals surface area (Å²) in [6.45, 7) is 7.75. The van der Waals surface area contributed by atoms with Crippen molar-refractivity contribution in [3.05, 3.63) is 23.8 Å². The number of carbonyl (C=O) groups excluding carboxylic acids is 1. The molecule has 0 amide bonds. The molecule has 2 aromatic heterocycles.